The van der Waals surface area contributed by atoms with E-state index in [0.29, 0.717) is 0 Å². The molecule has 0 aliphatic rings. The third-order valence-electron chi connectivity index (χ3n) is 2.43. The Morgan fingerprint density at radius 2 is 2.10 bits per heavy atom. The first kappa shape index (κ1) is 14.4. The number of aromatic carboxylic acids is 1. The zero-order valence-electron chi connectivity index (χ0n) is 10.2. The molecule has 0 spiro atoms. The molecule has 2 aromatic rings. The van der Waals surface area contributed by atoms with Crippen molar-refractivity contribution in [2.75, 3.05) is 4.72 Å². The van der Waals surface area contributed by atoms with Gasteiger partial charge < -0.3 is 5.11 Å². The van der Waals surface area contributed by atoms with Crippen LogP contribution in [-0.4, -0.2) is 29.3 Å². The van der Waals surface area contributed by atoms with Gasteiger partial charge >= 0.3 is 5.97 Å². The molecule has 20 heavy (non-hydrogen) atoms. The quantitative estimate of drug-likeness (QED) is 0.891. The van der Waals surface area contributed by atoms with Crippen molar-refractivity contribution in [3.05, 3.63) is 41.0 Å². The summed E-state index contributed by atoms with van der Waals surface area (Å²) >= 11 is 5.69. The molecule has 1 heterocycles. The van der Waals surface area contributed by atoms with Crippen LogP contribution in [0.25, 0.3) is 0 Å². The van der Waals surface area contributed by atoms with Gasteiger partial charge in [-0.3, -0.25) is 9.40 Å². The summed E-state index contributed by atoms with van der Waals surface area (Å²) in [6.07, 6.45) is 1.57. The van der Waals surface area contributed by atoms with E-state index in [1.807, 2.05) is 0 Å². The number of nitrogens with zero attached hydrogens (tertiary/aromatic N) is 2. The van der Waals surface area contributed by atoms with Crippen LogP contribution in [0.2, 0.25) is 5.02 Å². The molecule has 2 N–H and O–H groups in total. The minimum atomic E-state index is -3.92. The van der Waals surface area contributed by atoms with Crippen molar-refractivity contribution in [3.63, 3.8) is 0 Å². The first-order valence-electron chi connectivity index (χ1n) is 5.35. The van der Waals surface area contributed by atoms with Gasteiger partial charge in [-0.15, -0.1) is 0 Å². The Balaban J connectivity index is 2.39. The summed E-state index contributed by atoms with van der Waals surface area (Å²) in [5.74, 6) is -1.16. The second-order valence-corrected chi connectivity index (χ2v) is 6.02. The van der Waals surface area contributed by atoms with E-state index in [4.69, 9.17) is 16.7 Å². The first-order valence-corrected chi connectivity index (χ1v) is 7.21. The highest BCUT2D eigenvalue weighted by molar-refractivity contribution is 7.92. The summed E-state index contributed by atoms with van der Waals surface area (Å²) in [4.78, 5) is 10.7. The highest BCUT2D eigenvalue weighted by atomic mass is 35.5. The van der Waals surface area contributed by atoms with Crippen LogP contribution in [0.5, 0.6) is 0 Å². The van der Waals surface area contributed by atoms with Gasteiger partial charge in [-0.25, -0.2) is 13.2 Å². The van der Waals surface area contributed by atoms with Gasteiger partial charge in [-0.1, -0.05) is 11.6 Å². The van der Waals surface area contributed by atoms with E-state index in [0.717, 1.165) is 6.07 Å². The van der Waals surface area contributed by atoms with E-state index in [1.165, 1.54) is 22.9 Å². The smallest absolute Gasteiger partial charge is 0.337 e. The Hall–Kier alpha value is -2.06. The van der Waals surface area contributed by atoms with E-state index in [1.54, 1.807) is 13.2 Å². The second kappa shape index (κ2) is 5.14. The Morgan fingerprint density at radius 1 is 1.40 bits per heavy atom. The van der Waals surface area contributed by atoms with Crippen molar-refractivity contribution >= 4 is 33.4 Å². The number of hydrogen-bond acceptors (Lipinski definition) is 4. The Morgan fingerprint density at radius 3 is 2.65 bits per heavy atom. The fraction of sp³-hybridized carbons (Fsp3) is 0.0909. The van der Waals surface area contributed by atoms with Crippen molar-refractivity contribution in [2.24, 2.45) is 7.05 Å². The average Bonchev–Trinajstić information content (AvgIpc) is 2.73. The van der Waals surface area contributed by atoms with Gasteiger partial charge in [0.15, 0.2) is 5.82 Å². The van der Waals surface area contributed by atoms with Gasteiger partial charge in [0.05, 0.1) is 15.5 Å². The fourth-order valence-corrected chi connectivity index (χ4v) is 2.72. The lowest BCUT2D eigenvalue weighted by atomic mass is 10.2. The molecule has 1 aromatic carbocycles. The maximum absolute atomic E-state index is 12.1. The van der Waals surface area contributed by atoms with E-state index in [-0.39, 0.29) is 21.3 Å². The van der Waals surface area contributed by atoms with Crippen molar-refractivity contribution in [1.29, 1.82) is 0 Å². The molecule has 0 atom stereocenters. The van der Waals surface area contributed by atoms with Gasteiger partial charge in [0, 0.05) is 19.3 Å². The van der Waals surface area contributed by atoms with Crippen LogP contribution >= 0.6 is 11.6 Å². The SMILES string of the molecule is Cn1ccc(NS(=O)(=O)c2ccc(Cl)c(C(=O)O)c2)n1. The Labute approximate surface area is 119 Å². The number of rotatable bonds is 4. The van der Waals surface area contributed by atoms with E-state index >= 15 is 0 Å². The molecular formula is C11H10ClN3O4S. The monoisotopic (exact) mass is 315 g/mol. The lowest BCUT2D eigenvalue weighted by molar-refractivity contribution is 0.0697. The van der Waals surface area contributed by atoms with Gasteiger partial charge in [0.2, 0.25) is 0 Å². The van der Waals surface area contributed by atoms with E-state index < -0.39 is 16.0 Å². The molecule has 0 bridgehead atoms. The van der Waals surface area contributed by atoms with E-state index in [9.17, 15) is 13.2 Å². The van der Waals surface area contributed by atoms with Crippen molar-refractivity contribution in [2.45, 2.75) is 4.90 Å². The topological polar surface area (TPSA) is 101 Å². The number of sulfonamides is 1. The number of anilines is 1. The molecule has 0 saturated carbocycles. The normalized spacial score (nSPS) is 11.3. The van der Waals surface area contributed by atoms with Gasteiger partial charge in [-0.05, 0) is 18.2 Å². The first-order chi connectivity index (χ1) is 9.29. The number of benzene rings is 1. The molecule has 0 amide bonds. The Kier molecular flexibility index (Phi) is 3.69. The minimum Gasteiger partial charge on any atom is -0.478 e. The molecular weight excluding hydrogens is 306 g/mol. The molecule has 7 nitrogen and oxygen atoms in total. The van der Waals surface area contributed by atoms with Crippen molar-refractivity contribution < 1.29 is 18.3 Å². The standard InChI is InChI=1S/C11H10ClN3O4S/c1-15-5-4-10(13-15)14-20(18,19)7-2-3-9(12)8(6-7)11(16)17/h2-6H,1H3,(H,13,14)(H,16,17). The number of aromatic nitrogens is 2. The number of carboxylic acid groups (broad SMARTS) is 1. The average molecular weight is 316 g/mol. The van der Waals surface area contributed by atoms with Crippen LogP contribution in [0.15, 0.2) is 35.4 Å². The molecule has 2 rings (SSSR count). The van der Waals surface area contributed by atoms with Gasteiger partial charge in [-0.2, -0.15) is 5.10 Å². The molecule has 106 valence electrons. The molecule has 0 unspecified atom stereocenters. The van der Waals surface area contributed by atoms with Crippen LogP contribution in [0, 0.1) is 0 Å². The van der Waals surface area contributed by atoms with Crippen LogP contribution in [0.3, 0.4) is 0 Å². The summed E-state index contributed by atoms with van der Waals surface area (Å²) in [7, 11) is -2.28. The predicted molar refractivity (Wildman–Crippen MR) is 72.4 cm³/mol. The molecule has 0 aliphatic heterocycles. The number of carbonyl (C=O) groups is 1. The third-order valence-corrected chi connectivity index (χ3v) is 4.11. The number of nitrogens with one attached hydrogen (secondary N) is 1. The summed E-state index contributed by atoms with van der Waals surface area (Å²) in [5.41, 5.74) is -0.282. The van der Waals surface area contributed by atoms with Crippen LogP contribution in [0.4, 0.5) is 5.82 Å². The second-order valence-electron chi connectivity index (χ2n) is 3.93. The lowest BCUT2D eigenvalue weighted by Crippen LogP contribution is -2.14. The number of halogens is 1. The van der Waals surface area contributed by atoms with Crippen molar-refractivity contribution in [3.8, 4) is 0 Å². The number of aryl methyl sites for hydroxylation is 1. The zero-order chi connectivity index (χ0) is 14.9. The summed E-state index contributed by atoms with van der Waals surface area (Å²) < 4.78 is 27.9. The molecule has 0 saturated heterocycles. The molecule has 1 aromatic heterocycles. The Bertz CT molecular complexity index is 770. The van der Waals surface area contributed by atoms with Crippen LogP contribution < -0.4 is 4.72 Å². The fourth-order valence-electron chi connectivity index (χ4n) is 1.50. The van der Waals surface area contributed by atoms with Gasteiger partial charge in [0.25, 0.3) is 10.0 Å². The maximum Gasteiger partial charge on any atom is 0.337 e. The number of carboxylic acids is 1. The van der Waals surface area contributed by atoms with Crippen molar-refractivity contribution in [1.82, 2.24) is 9.78 Å². The molecule has 0 aliphatic carbocycles. The zero-order valence-corrected chi connectivity index (χ0v) is 11.8. The molecule has 9 heteroatoms. The lowest BCUT2D eigenvalue weighted by Gasteiger charge is -2.07. The maximum atomic E-state index is 12.1. The summed E-state index contributed by atoms with van der Waals surface area (Å²) in [5, 5.41) is 12.8. The van der Waals surface area contributed by atoms with Crippen LogP contribution in [-0.2, 0) is 17.1 Å². The molecule has 0 radical (unpaired) electrons. The highest BCUT2D eigenvalue weighted by Crippen LogP contribution is 2.22. The molecule has 0 fully saturated rings. The summed E-state index contributed by atoms with van der Waals surface area (Å²) in [6, 6.07) is 4.92. The number of hydrogen-bond donors (Lipinski definition) is 2. The summed E-state index contributed by atoms with van der Waals surface area (Å²) in [6.45, 7) is 0. The van der Waals surface area contributed by atoms with E-state index in [2.05, 4.69) is 9.82 Å². The minimum absolute atomic E-state index is 0.0331. The van der Waals surface area contributed by atoms with Gasteiger partial charge in [0.1, 0.15) is 0 Å². The third kappa shape index (κ3) is 2.91. The highest BCUT2D eigenvalue weighted by Gasteiger charge is 2.19. The largest absolute Gasteiger partial charge is 0.478 e. The van der Waals surface area contributed by atoms with Crippen LogP contribution in [0.1, 0.15) is 10.4 Å². The predicted octanol–water partition coefficient (Wildman–Crippen LogP) is 1.57.